The maximum absolute atomic E-state index is 11.2. The van der Waals surface area contributed by atoms with E-state index in [9.17, 15) is 14.9 Å². The van der Waals surface area contributed by atoms with Crippen molar-refractivity contribution in [3.63, 3.8) is 0 Å². The zero-order valence-electron chi connectivity index (χ0n) is 7.60. The van der Waals surface area contributed by atoms with Gasteiger partial charge in [-0.25, -0.2) is 4.79 Å². The highest BCUT2D eigenvalue weighted by atomic mass is 35.5. The highest BCUT2D eigenvalue weighted by Gasteiger charge is 2.18. The number of non-ortho nitro benzene ring substituents is 1. The fourth-order valence-electron chi connectivity index (χ4n) is 0.968. The molecule has 0 aromatic heterocycles. The van der Waals surface area contributed by atoms with E-state index in [1.807, 2.05) is 0 Å². The summed E-state index contributed by atoms with van der Waals surface area (Å²) in [6, 6.07) is 3.42. The van der Waals surface area contributed by atoms with Crippen LogP contribution in [0.5, 0.6) is 5.75 Å². The van der Waals surface area contributed by atoms with Gasteiger partial charge in [-0.2, -0.15) is 0 Å². The van der Waals surface area contributed by atoms with Crippen molar-refractivity contribution in [1.29, 1.82) is 0 Å². The molecule has 80 valence electrons. The van der Waals surface area contributed by atoms with E-state index in [4.69, 9.17) is 11.9 Å². The van der Waals surface area contributed by atoms with Gasteiger partial charge in [-0.05, 0) is 6.07 Å². The number of methoxy groups -OCH3 is 1. The predicted molar refractivity (Wildman–Crippen MR) is 50.9 cm³/mol. The maximum atomic E-state index is 11.2. The lowest BCUT2D eigenvalue weighted by Crippen LogP contribution is -2.03. The van der Waals surface area contributed by atoms with Crippen molar-refractivity contribution in [3.8, 4) is 5.75 Å². The molecule has 1 rings (SSSR count). The lowest BCUT2D eigenvalue weighted by atomic mass is 10.2. The van der Waals surface area contributed by atoms with E-state index in [1.54, 1.807) is 0 Å². The standard InChI is InChI=1S/C8H6ClNO5/c1-14-8(11)6-4-5(10(12)13)2-3-7(6)15-9/h2-4H,1H3. The smallest absolute Gasteiger partial charge is 0.341 e. The molecule has 0 aliphatic carbocycles. The first-order valence-corrected chi connectivity index (χ1v) is 4.06. The molecule has 0 amide bonds. The molecule has 0 saturated carbocycles. The van der Waals surface area contributed by atoms with Crippen LogP contribution in [0.2, 0.25) is 0 Å². The number of rotatable bonds is 3. The summed E-state index contributed by atoms with van der Waals surface area (Å²) in [5, 5.41) is 10.4. The Balaban J connectivity index is 3.25. The molecule has 15 heavy (non-hydrogen) atoms. The average molecular weight is 232 g/mol. The summed E-state index contributed by atoms with van der Waals surface area (Å²) in [4.78, 5) is 21.0. The number of nitro benzene ring substituents is 1. The third-order valence-corrected chi connectivity index (χ3v) is 1.83. The molecule has 0 heterocycles. The lowest BCUT2D eigenvalue weighted by Gasteiger charge is -2.03. The topological polar surface area (TPSA) is 78.7 Å². The number of carbonyl (C=O) groups excluding carboxylic acids is 1. The fourth-order valence-corrected chi connectivity index (χ4v) is 1.10. The Labute approximate surface area is 89.7 Å². The highest BCUT2D eigenvalue weighted by molar-refractivity contribution is 6.10. The summed E-state index contributed by atoms with van der Waals surface area (Å²) in [6.45, 7) is 0. The van der Waals surface area contributed by atoms with Gasteiger partial charge >= 0.3 is 5.97 Å². The van der Waals surface area contributed by atoms with Gasteiger partial charge in [-0.15, -0.1) is 0 Å². The van der Waals surface area contributed by atoms with Crippen LogP contribution in [-0.4, -0.2) is 18.0 Å². The van der Waals surface area contributed by atoms with Crippen LogP contribution in [0.4, 0.5) is 5.69 Å². The van der Waals surface area contributed by atoms with Crippen LogP contribution in [0, 0.1) is 10.1 Å². The van der Waals surface area contributed by atoms with Crippen molar-refractivity contribution in [2.24, 2.45) is 0 Å². The first-order chi connectivity index (χ1) is 7.10. The van der Waals surface area contributed by atoms with Crippen molar-refractivity contribution in [2.45, 2.75) is 0 Å². The first kappa shape index (κ1) is 11.3. The second-order valence-electron chi connectivity index (χ2n) is 2.51. The Morgan fingerprint density at radius 1 is 1.53 bits per heavy atom. The van der Waals surface area contributed by atoms with Gasteiger partial charge in [0.15, 0.2) is 5.75 Å². The largest absolute Gasteiger partial charge is 0.465 e. The summed E-state index contributed by atoms with van der Waals surface area (Å²) in [5.74, 6) is -0.747. The molecule has 0 spiro atoms. The number of esters is 1. The van der Waals surface area contributed by atoms with E-state index >= 15 is 0 Å². The van der Waals surface area contributed by atoms with Crippen LogP contribution in [0.3, 0.4) is 0 Å². The third-order valence-electron chi connectivity index (χ3n) is 1.66. The van der Waals surface area contributed by atoms with Crippen LogP contribution < -0.4 is 4.29 Å². The van der Waals surface area contributed by atoms with E-state index in [2.05, 4.69) is 9.03 Å². The monoisotopic (exact) mass is 231 g/mol. The molecule has 0 saturated heterocycles. The summed E-state index contributed by atoms with van der Waals surface area (Å²) >= 11 is 5.09. The molecule has 7 heteroatoms. The molecule has 0 unspecified atom stereocenters. The summed E-state index contributed by atoms with van der Waals surface area (Å²) in [5.41, 5.74) is -0.338. The second kappa shape index (κ2) is 4.61. The van der Waals surface area contributed by atoms with Gasteiger partial charge in [0.25, 0.3) is 5.69 Å². The Morgan fingerprint density at radius 2 is 2.20 bits per heavy atom. The third kappa shape index (κ3) is 2.35. The molecule has 0 aliphatic heterocycles. The minimum Gasteiger partial charge on any atom is -0.465 e. The minimum absolute atomic E-state index is 0.00844. The van der Waals surface area contributed by atoms with Crippen molar-refractivity contribution in [3.05, 3.63) is 33.9 Å². The zero-order chi connectivity index (χ0) is 11.4. The molecule has 6 nitrogen and oxygen atoms in total. The van der Waals surface area contributed by atoms with E-state index in [1.165, 1.54) is 12.1 Å². The number of carbonyl (C=O) groups is 1. The second-order valence-corrected chi connectivity index (χ2v) is 2.66. The van der Waals surface area contributed by atoms with E-state index in [-0.39, 0.29) is 17.0 Å². The number of halogens is 1. The Hall–Kier alpha value is -1.82. The maximum Gasteiger partial charge on any atom is 0.341 e. The predicted octanol–water partition coefficient (Wildman–Crippen LogP) is 1.91. The Morgan fingerprint density at radius 3 is 2.67 bits per heavy atom. The molecule has 0 radical (unpaired) electrons. The van der Waals surface area contributed by atoms with Gasteiger partial charge < -0.3 is 9.03 Å². The number of ether oxygens (including phenoxy) is 1. The quantitative estimate of drug-likeness (QED) is 0.451. The molecular weight excluding hydrogens is 226 g/mol. The molecule has 0 fully saturated rings. The number of hydrogen-bond donors (Lipinski definition) is 0. The average Bonchev–Trinajstić information content (AvgIpc) is 2.27. The SMILES string of the molecule is COC(=O)c1cc([N+](=O)[O-])ccc1OCl. The van der Waals surface area contributed by atoms with Crippen molar-refractivity contribution < 1.29 is 18.7 Å². The lowest BCUT2D eigenvalue weighted by molar-refractivity contribution is -0.384. The molecule has 0 N–H and O–H groups in total. The molecule has 1 aromatic carbocycles. The normalized spacial score (nSPS) is 9.47. The first-order valence-electron chi connectivity index (χ1n) is 3.75. The number of hydrogen-bond acceptors (Lipinski definition) is 5. The molecule has 1 aromatic rings. The van der Waals surface area contributed by atoms with Gasteiger partial charge in [0.05, 0.1) is 12.0 Å². The van der Waals surface area contributed by atoms with Crippen molar-refractivity contribution in [2.75, 3.05) is 7.11 Å². The number of benzene rings is 1. The van der Waals surface area contributed by atoms with Crippen molar-refractivity contribution >= 4 is 23.5 Å². The summed E-state index contributed by atoms with van der Waals surface area (Å²) in [6.07, 6.45) is 0. The Kier molecular flexibility index (Phi) is 3.46. The van der Waals surface area contributed by atoms with Crippen LogP contribution in [0.15, 0.2) is 18.2 Å². The van der Waals surface area contributed by atoms with E-state index in [0.29, 0.717) is 0 Å². The fraction of sp³-hybridized carbons (Fsp3) is 0.125. The Bertz CT molecular complexity index is 406. The number of nitrogens with zero attached hydrogens (tertiary/aromatic N) is 1. The van der Waals surface area contributed by atoms with Crippen LogP contribution in [0.1, 0.15) is 10.4 Å². The molecule has 0 aliphatic rings. The molecule has 0 bridgehead atoms. The minimum atomic E-state index is -0.755. The molecular formula is C8H6ClNO5. The van der Waals surface area contributed by atoms with Crippen LogP contribution >= 0.6 is 11.9 Å². The van der Waals surface area contributed by atoms with E-state index < -0.39 is 10.9 Å². The van der Waals surface area contributed by atoms with Crippen LogP contribution in [0.25, 0.3) is 0 Å². The van der Waals surface area contributed by atoms with Gasteiger partial charge in [0, 0.05) is 12.1 Å². The van der Waals surface area contributed by atoms with E-state index in [0.717, 1.165) is 13.2 Å². The van der Waals surface area contributed by atoms with Gasteiger partial charge in [0.2, 0.25) is 0 Å². The number of nitro groups is 1. The van der Waals surface area contributed by atoms with Gasteiger partial charge in [0.1, 0.15) is 17.4 Å². The van der Waals surface area contributed by atoms with Crippen LogP contribution in [-0.2, 0) is 4.74 Å². The summed E-state index contributed by atoms with van der Waals surface area (Å²) < 4.78 is 8.77. The summed E-state index contributed by atoms with van der Waals surface area (Å²) in [7, 11) is 1.15. The highest BCUT2D eigenvalue weighted by Crippen LogP contribution is 2.25. The zero-order valence-corrected chi connectivity index (χ0v) is 8.35. The molecule has 0 atom stereocenters. The van der Waals surface area contributed by atoms with Gasteiger partial charge in [-0.3, -0.25) is 10.1 Å². The van der Waals surface area contributed by atoms with Gasteiger partial charge in [-0.1, -0.05) is 0 Å². The van der Waals surface area contributed by atoms with Crippen molar-refractivity contribution in [1.82, 2.24) is 0 Å².